The van der Waals surface area contributed by atoms with Gasteiger partial charge in [0.25, 0.3) is 0 Å². The molecule has 1 heterocycles. The van der Waals surface area contributed by atoms with E-state index in [0.717, 1.165) is 57.9 Å². The number of fused-ring (bicyclic) bond motifs is 1. The first kappa shape index (κ1) is 20.3. The van der Waals surface area contributed by atoms with Crippen molar-refractivity contribution in [1.82, 2.24) is 10.6 Å². The number of ether oxygens (including phenoxy) is 1. The van der Waals surface area contributed by atoms with E-state index in [1.807, 2.05) is 0 Å². The number of alkyl halides is 1. The fraction of sp³-hybridized carbons (Fsp3) is 0.947. The molecule has 0 aromatic carbocycles. The molecule has 0 bridgehead atoms. The van der Waals surface area contributed by atoms with Gasteiger partial charge in [-0.15, -0.1) is 11.6 Å². The number of piperidine rings is 1. The number of hydrogen-bond acceptors (Lipinski definition) is 6. The Morgan fingerprint density at radius 2 is 2.00 bits per heavy atom. The maximum absolute atomic E-state index is 12.5. The first-order valence-electron chi connectivity index (χ1n) is 10.2. The molecule has 7 atom stereocenters. The zero-order chi connectivity index (χ0) is 18.5. The van der Waals surface area contributed by atoms with E-state index in [-0.39, 0.29) is 36.5 Å². The van der Waals surface area contributed by atoms with Crippen LogP contribution in [-0.2, 0) is 9.53 Å². The van der Waals surface area contributed by atoms with Crippen LogP contribution in [0.25, 0.3) is 0 Å². The smallest absolute Gasteiger partial charge is 0.310 e. The van der Waals surface area contributed by atoms with Gasteiger partial charge in [0.05, 0.1) is 12.5 Å². The fourth-order valence-electron chi connectivity index (χ4n) is 4.93. The second kappa shape index (κ2) is 9.69. The SMILES string of the molecule is O=C(OCC(O)CO)C1CCCCC1NC1CCNC2CC(Cl)CCC21. The van der Waals surface area contributed by atoms with Gasteiger partial charge in [0.1, 0.15) is 12.7 Å². The molecule has 7 unspecified atom stereocenters. The van der Waals surface area contributed by atoms with Crippen LogP contribution in [-0.4, -0.2) is 65.5 Å². The lowest BCUT2D eigenvalue weighted by Gasteiger charge is -2.46. The Kier molecular flexibility index (Phi) is 7.58. The van der Waals surface area contributed by atoms with Gasteiger partial charge in [0.15, 0.2) is 0 Å². The zero-order valence-corrected chi connectivity index (χ0v) is 16.2. The molecular formula is C19H33ClN2O4. The highest BCUT2D eigenvalue weighted by molar-refractivity contribution is 6.20. The van der Waals surface area contributed by atoms with Crippen molar-refractivity contribution in [3.8, 4) is 0 Å². The third-order valence-corrected chi connectivity index (χ3v) is 6.74. The van der Waals surface area contributed by atoms with Crippen molar-refractivity contribution in [2.75, 3.05) is 19.8 Å². The van der Waals surface area contributed by atoms with Crippen molar-refractivity contribution in [3.63, 3.8) is 0 Å². The van der Waals surface area contributed by atoms with Gasteiger partial charge in [-0.05, 0) is 51.0 Å². The molecule has 0 amide bonds. The van der Waals surface area contributed by atoms with Crippen molar-refractivity contribution < 1.29 is 19.7 Å². The number of hydrogen-bond donors (Lipinski definition) is 4. The van der Waals surface area contributed by atoms with Crippen LogP contribution in [0.15, 0.2) is 0 Å². The van der Waals surface area contributed by atoms with Gasteiger partial charge in [0, 0.05) is 23.5 Å². The summed E-state index contributed by atoms with van der Waals surface area (Å²) in [4.78, 5) is 12.5. The minimum Gasteiger partial charge on any atom is -0.463 e. The second-order valence-corrected chi connectivity index (χ2v) is 8.78. The molecule has 6 nitrogen and oxygen atoms in total. The molecular weight excluding hydrogens is 356 g/mol. The van der Waals surface area contributed by atoms with E-state index in [9.17, 15) is 9.90 Å². The molecule has 1 saturated heterocycles. The molecule has 26 heavy (non-hydrogen) atoms. The summed E-state index contributed by atoms with van der Waals surface area (Å²) in [5.74, 6) is 0.172. The predicted octanol–water partition coefficient (Wildman–Crippen LogP) is 1.17. The van der Waals surface area contributed by atoms with Crippen molar-refractivity contribution in [1.29, 1.82) is 0 Å². The largest absolute Gasteiger partial charge is 0.463 e. The number of rotatable bonds is 6. The maximum Gasteiger partial charge on any atom is 0.310 e. The summed E-state index contributed by atoms with van der Waals surface area (Å²) in [6, 6.07) is 1.04. The van der Waals surface area contributed by atoms with Crippen LogP contribution >= 0.6 is 11.6 Å². The van der Waals surface area contributed by atoms with Gasteiger partial charge in [-0.25, -0.2) is 0 Å². The van der Waals surface area contributed by atoms with Crippen molar-refractivity contribution >= 4 is 17.6 Å². The lowest BCUT2D eigenvalue weighted by molar-refractivity contribution is -0.154. The zero-order valence-electron chi connectivity index (χ0n) is 15.4. The lowest BCUT2D eigenvalue weighted by atomic mass is 9.75. The monoisotopic (exact) mass is 388 g/mol. The molecule has 3 rings (SSSR count). The van der Waals surface area contributed by atoms with Crippen molar-refractivity contribution in [2.24, 2.45) is 11.8 Å². The molecule has 0 spiro atoms. The standard InChI is InChI=1S/C19H33ClN2O4/c20-12-5-6-14-17(7-8-21-18(14)9-12)22-16-4-2-1-3-15(16)19(25)26-11-13(24)10-23/h12-18,21-24H,1-11H2. The number of carbonyl (C=O) groups excluding carboxylic acids is 1. The van der Waals surface area contributed by atoms with E-state index in [4.69, 9.17) is 21.4 Å². The molecule has 1 aliphatic heterocycles. The molecule has 3 aliphatic rings. The minimum atomic E-state index is -0.995. The third kappa shape index (κ3) is 5.10. The molecule has 0 radical (unpaired) electrons. The summed E-state index contributed by atoms with van der Waals surface area (Å²) in [5.41, 5.74) is 0. The van der Waals surface area contributed by atoms with E-state index < -0.39 is 6.10 Å². The van der Waals surface area contributed by atoms with Gasteiger partial charge in [0.2, 0.25) is 0 Å². The molecule has 0 aromatic heterocycles. The lowest BCUT2D eigenvalue weighted by Crippen LogP contribution is -2.59. The Morgan fingerprint density at radius 3 is 2.81 bits per heavy atom. The Labute approximate surface area is 161 Å². The predicted molar refractivity (Wildman–Crippen MR) is 100 cm³/mol. The third-order valence-electron chi connectivity index (χ3n) is 6.34. The number of halogens is 1. The van der Waals surface area contributed by atoms with Gasteiger partial charge in [-0.3, -0.25) is 4.79 Å². The topological polar surface area (TPSA) is 90.8 Å². The van der Waals surface area contributed by atoms with Gasteiger partial charge >= 0.3 is 5.97 Å². The van der Waals surface area contributed by atoms with Crippen LogP contribution in [0, 0.1) is 11.8 Å². The van der Waals surface area contributed by atoms with Crippen molar-refractivity contribution in [3.05, 3.63) is 0 Å². The van der Waals surface area contributed by atoms with E-state index in [1.54, 1.807) is 0 Å². The Hall–Kier alpha value is -0.400. The summed E-state index contributed by atoms with van der Waals surface area (Å²) in [5, 5.41) is 26.0. The van der Waals surface area contributed by atoms with Gasteiger partial charge in [-0.1, -0.05) is 12.8 Å². The minimum absolute atomic E-state index is 0.131. The second-order valence-electron chi connectivity index (χ2n) is 8.16. The summed E-state index contributed by atoms with van der Waals surface area (Å²) in [6.07, 6.45) is 7.29. The van der Waals surface area contributed by atoms with Crippen LogP contribution in [0.2, 0.25) is 0 Å². The average Bonchev–Trinajstić information content (AvgIpc) is 2.66. The quantitative estimate of drug-likeness (QED) is 0.403. The summed E-state index contributed by atoms with van der Waals surface area (Å²) < 4.78 is 5.26. The van der Waals surface area contributed by atoms with Crippen LogP contribution in [0.4, 0.5) is 0 Å². The van der Waals surface area contributed by atoms with E-state index in [0.29, 0.717) is 18.0 Å². The number of esters is 1. The van der Waals surface area contributed by atoms with Crippen LogP contribution in [0.5, 0.6) is 0 Å². The first-order chi connectivity index (χ1) is 12.6. The molecule has 0 aromatic rings. The first-order valence-corrected chi connectivity index (χ1v) is 10.6. The number of aliphatic hydroxyl groups excluding tert-OH is 2. The van der Waals surface area contributed by atoms with E-state index in [1.165, 1.54) is 0 Å². The number of nitrogens with one attached hydrogen (secondary N) is 2. The summed E-state index contributed by atoms with van der Waals surface area (Å²) >= 11 is 6.35. The summed E-state index contributed by atoms with van der Waals surface area (Å²) in [7, 11) is 0. The Balaban J connectivity index is 1.58. The molecule has 7 heteroatoms. The normalized spacial score (nSPS) is 39.0. The number of aliphatic hydroxyl groups is 2. The van der Waals surface area contributed by atoms with Gasteiger partial charge < -0.3 is 25.6 Å². The highest BCUT2D eigenvalue weighted by atomic mass is 35.5. The Bertz CT molecular complexity index is 467. The highest BCUT2D eigenvalue weighted by Gasteiger charge is 2.40. The van der Waals surface area contributed by atoms with Crippen LogP contribution in [0.1, 0.15) is 51.4 Å². The molecule has 4 N–H and O–H groups in total. The molecule has 3 fully saturated rings. The number of carbonyl (C=O) groups is 1. The van der Waals surface area contributed by atoms with Crippen molar-refractivity contribution in [2.45, 2.75) is 81.0 Å². The van der Waals surface area contributed by atoms with E-state index in [2.05, 4.69) is 10.6 Å². The van der Waals surface area contributed by atoms with Gasteiger partial charge in [-0.2, -0.15) is 0 Å². The highest BCUT2D eigenvalue weighted by Crippen LogP contribution is 2.35. The fourth-order valence-corrected chi connectivity index (χ4v) is 5.25. The maximum atomic E-state index is 12.5. The van der Waals surface area contributed by atoms with E-state index >= 15 is 0 Å². The average molecular weight is 389 g/mol. The van der Waals surface area contributed by atoms with Crippen LogP contribution < -0.4 is 10.6 Å². The summed E-state index contributed by atoms with van der Waals surface area (Å²) in [6.45, 7) is 0.472. The molecule has 2 aliphatic carbocycles. The molecule has 2 saturated carbocycles. The Morgan fingerprint density at radius 1 is 1.19 bits per heavy atom. The van der Waals surface area contributed by atoms with Crippen LogP contribution in [0.3, 0.4) is 0 Å². The molecule has 150 valence electrons.